The lowest BCUT2D eigenvalue weighted by Crippen LogP contribution is -2.42. The zero-order chi connectivity index (χ0) is 16.7. The Kier molecular flexibility index (Phi) is 5.96. The van der Waals surface area contributed by atoms with E-state index >= 15 is 0 Å². The van der Waals surface area contributed by atoms with Crippen molar-refractivity contribution in [3.8, 4) is 11.5 Å². The van der Waals surface area contributed by atoms with Crippen molar-refractivity contribution in [2.24, 2.45) is 0 Å². The van der Waals surface area contributed by atoms with Gasteiger partial charge in [-0.1, -0.05) is 12.1 Å². The topological polar surface area (TPSA) is 63.6 Å². The van der Waals surface area contributed by atoms with Crippen LogP contribution >= 0.6 is 0 Å². The number of hydrogen-bond donors (Lipinski definition) is 2. The molecule has 1 heterocycles. The summed E-state index contributed by atoms with van der Waals surface area (Å²) in [5.41, 5.74) is 1.74. The molecular weight excluding hydrogens is 292 g/mol. The molecule has 2 N–H and O–H groups in total. The largest absolute Gasteiger partial charge is 0.493 e. The van der Waals surface area contributed by atoms with Gasteiger partial charge in [-0.2, -0.15) is 0 Å². The van der Waals surface area contributed by atoms with Gasteiger partial charge in [-0.15, -0.1) is 0 Å². The first-order valence-electron chi connectivity index (χ1n) is 7.58. The van der Waals surface area contributed by atoms with Crippen LogP contribution in [0.3, 0.4) is 0 Å². The van der Waals surface area contributed by atoms with Crippen LogP contribution in [-0.4, -0.2) is 29.3 Å². The van der Waals surface area contributed by atoms with Gasteiger partial charge in [0.1, 0.15) is 6.61 Å². The summed E-state index contributed by atoms with van der Waals surface area (Å²) >= 11 is 0. The summed E-state index contributed by atoms with van der Waals surface area (Å²) in [4.78, 5) is 4.08. The number of nitrogens with zero attached hydrogens (tertiary/aromatic N) is 1. The van der Waals surface area contributed by atoms with E-state index in [0.717, 1.165) is 11.1 Å². The number of aliphatic hydroxyl groups is 1. The Morgan fingerprint density at radius 1 is 1.17 bits per heavy atom. The highest BCUT2D eigenvalue weighted by molar-refractivity contribution is 5.43. The van der Waals surface area contributed by atoms with Crippen LogP contribution in [0.4, 0.5) is 0 Å². The van der Waals surface area contributed by atoms with Crippen LogP contribution in [0.25, 0.3) is 0 Å². The standard InChI is InChI=1S/C18H24N2O3/c1-18(2,13-21)20-11-14-6-7-16(22-3)17(9-14)23-12-15-5-4-8-19-10-15/h4-10,20-21H,11-13H2,1-3H3. The molecule has 2 rings (SSSR count). The van der Waals surface area contributed by atoms with Crippen LogP contribution in [0, 0.1) is 0 Å². The van der Waals surface area contributed by atoms with Crippen molar-refractivity contribution in [2.75, 3.05) is 13.7 Å². The molecule has 0 spiro atoms. The number of aliphatic hydroxyl groups excluding tert-OH is 1. The molecule has 0 saturated carbocycles. The highest BCUT2D eigenvalue weighted by atomic mass is 16.5. The van der Waals surface area contributed by atoms with Crippen molar-refractivity contribution in [2.45, 2.75) is 32.5 Å². The van der Waals surface area contributed by atoms with E-state index in [-0.39, 0.29) is 12.1 Å². The minimum atomic E-state index is -0.323. The Labute approximate surface area is 137 Å². The molecule has 0 aliphatic heterocycles. The van der Waals surface area contributed by atoms with Gasteiger partial charge in [0, 0.05) is 30.0 Å². The third-order valence-corrected chi connectivity index (χ3v) is 3.51. The molecule has 0 atom stereocenters. The second kappa shape index (κ2) is 7.94. The number of pyridine rings is 1. The predicted molar refractivity (Wildman–Crippen MR) is 89.6 cm³/mol. The second-order valence-electron chi connectivity index (χ2n) is 6.03. The molecule has 23 heavy (non-hydrogen) atoms. The van der Waals surface area contributed by atoms with Crippen molar-refractivity contribution < 1.29 is 14.6 Å². The smallest absolute Gasteiger partial charge is 0.161 e. The van der Waals surface area contributed by atoms with Crippen LogP contribution in [0.15, 0.2) is 42.7 Å². The fourth-order valence-corrected chi connectivity index (χ4v) is 1.99. The second-order valence-corrected chi connectivity index (χ2v) is 6.03. The van der Waals surface area contributed by atoms with Crippen LogP contribution in [0.5, 0.6) is 11.5 Å². The number of methoxy groups -OCH3 is 1. The van der Waals surface area contributed by atoms with Crippen LogP contribution < -0.4 is 14.8 Å². The van der Waals surface area contributed by atoms with Crippen molar-refractivity contribution in [3.05, 3.63) is 53.9 Å². The molecule has 5 heteroatoms. The molecule has 1 aromatic carbocycles. The summed E-state index contributed by atoms with van der Waals surface area (Å²) in [5, 5.41) is 12.6. The van der Waals surface area contributed by atoms with E-state index in [1.54, 1.807) is 19.5 Å². The maximum absolute atomic E-state index is 9.31. The molecule has 0 saturated heterocycles. The minimum absolute atomic E-state index is 0.0769. The van der Waals surface area contributed by atoms with Crippen LogP contribution in [0.2, 0.25) is 0 Å². The first-order chi connectivity index (χ1) is 11.0. The average molecular weight is 316 g/mol. The summed E-state index contributed by atoms with van der Waals surface area (Å²) in [6, 6.07) is 9.68. The van der Waals surface area contributed by atoms with Crippen molar-refractivity contribution in [1.29, 1.82) is 0 Å². The zero-order valence-corrected chi connectivity index (χ0v) is 13.9. The molecule has 0 radical (unpaired) electrons. The van der Waals surface area contributed by atoms with E-state index in [9.17, 15) is 5.11 Å². The zero-order valence-electron chi connectivity index (χ0n) is 13.9. The normalized spacial score (nSPS) is 11.3. The Morgan fingerprint density at radius 2 is 2.00 bits per heavy atom. The molecule has 0 aliphatic rings. The maximum Gasteiger partial charge on any atom is 0.161 e. The van der Waals surface area contributed by atoms with E-state index in [1.807, 2.05) is 44.2 Å². The van der Waals surface area contributed by atoms with Gasteiger partial charge in [-0.25, -0.2) is 0 Å². The average Bonchev–Trinajstić information content (AvgIpc) is 2.59. The highest BCUT2D eigenvalue weighted by Crippen LogP contribution is 2.29. The van der Waals surface area contributed by atoms with Crippen molar-refractivity contribution in [1.82, 2.24) is 10.3 Å². The van der Waals surface area contributed by atoms with Gasteiger partial charge >= 0.3 is 0 Å². The number of nitrogens with one attached hydrogen (secondary N) is 1. The number of aromatic nitrogens is 1. The molecule has 0 aliphatic carbocycles. The monoisotopic (exact) mass is 316 g/mol. The highest BCUT2D eigenvalue weighted by Gasteiger charge is 2.15. The summed E-state index contributed by atoms with van der Waals surface area (Å²) in [6.45, 7) is 5.06. The Hall–Kier alpha value is -2.11. The Bertz CT molecular complexity index is 615. The molecule has 0 unspecified atom stereocenters. The first-order valence-corrected chi connectivity index (χ1v) is 7.58. The van der Waals surface area contributed by atoms with Crippen LogP contribution in [-0.2, 0) is 13.2 Å². The van der Waals surface area contributed by atoms with Gasteiger partial charge in [0.2, 0.25) is 0 Å². The third kappa shape index (κ3) is 5.23. The molecule has 0 amide bonds. The summed E-state index contributed by atoms with van der Waals surface area (Å²) in [7, 11) is 1.62. The number of ether oxygens (including phenoxy) is 2. The van der Waals surface area contributed by atoms with E-state index in [2.05, 4.69) is 10.3 Å². The molecule has 0 bridgehead atoms. The van der Waals surface area contributed by atoms with E-state index in [4.69, 9.17) is 9.47 Å². The fraction of sp³-hybridized carbons (Fsp3) is 0.389. The van der Waals surface area contributed by atoms with E-state index in [1.165, 1.54) is 0 Å². The van der Waals surface area contributed by atoms with Gasteiger partial charge in [0.25, 0.3) is 0 Å². The quantitative estimate of drug-likeness (QED) is 0.783. The third-order valence-electron chi connectivity index (χ3n) is 3.51. The Morgan fingerprint density at radius 3 is 2.65 bits per heavy atom. The molecule has 2 aromatic rings. The summed E-state index contributed by atoms with van der Waals surface area (Å²) in [6.07, 6.45) is 3.51. The predicted octanol–water partition coefficient (Wildman–Crippen LogP) is 2.53. The molecular formula is C18H24N2O3. The lowest BCUT2D eigenvalue weighted by atomic mass is 10.1. The molecule has 124 valence electrons. The number of benzene rings is 1. The lowest BCUT2D eigenvalue weighted by molar-refractivity contribution is 0.187. The van der Waals surface area contributed by atoms with Crippen molar-refractivity contribution in [3.63, 3.8) is 0 Å². The SMILES string of the molecule is COc1ccc(CNC(C)(C)CO)cc1OCc1cccnc1. The van der Waals surface area contributed by atoms with Crippen LogP contribution in [0.1, 0.15) is 25.0 Å². The minimum Gasteiger partial charge on any atom is -0.493 e. The van der Waals surface area contributed by atoms with Gasteiger partial charge < -0.3 is 19.9 Å². The van der Waals surface area contributed by atoms with E-state index in [0.29, 0.717) is 24.7 Å². The van der Waals surface area contributed by atoms with Gasteiger partial charge in [0.15, 0.2) is 11.5 Å². The molecule has 5 nitrogen and oxygen atoms in total. The fourth-order valence-electron chi connectivity index (χ4n) is 1.99. The number of rotatable bonds is 8. The summed E-state index contributed by atoms with van der Waals surface area (Å²) in [5.74, 6) is 1.39. The number of hydrogen-bond acceptors (Lipinski definition) is 5. The molecule has 0 fully saturated rings. The molecule has 1 aromatic heterocycles. The van der Waals surface area contributed by atoms with Gasteiger partial charge in [-0.05, 0) is 37.6 Å². The van der Waals surface area contributed by atoms with Gasteiger partial charge in [-0.3, -0.25) is 4.98 Å². The first kappa shape index (κ1) is 17.2. The van der Waals surface area contributed by atoms with Gasteiger partial charge in [0.05, 0.1) is 13.7 Å². The Balaban J connectivity index is 2.06. The lowest BCUT2D eigenvalue weighted by Gasteiger charge is -2.23. The van der Waals surface area contributed by atoms with E-state index < -0.39 is 0 Å². The van der Waals surface area contributed by atoms with Crippen molar-refractivity contribution >= 4 is 0 Å². The summed E-state index contributed by atoms with van der Waals surface area (Å²) < 4.78 is 11.2. The maximum atomic E-state index is 9.31.